The van der Waals surface area contributed by atoms with Crippen LogP contribution in [0.15, 0.2) is 43.0 Å². The predicted molar refractivity (Wildman–Crippen MR) is 94.8 cm³/mol. The van der Waals surface area contributed by atoms with Crippen molar-refractivity contribution in [3.05, 3.63) is 54.1 Å². The maximum Gasteiger partial charge on any atom is 0.162 e. The first kappa shape index (κ1) is 17.5. The molecule has 2 rings (SSSR count). The Kier molecular flexibility index (Phi) is 7.05. The lowest BCUT2D eigenvalue weighted by atomic mass is 9.98. The van der Waals surface area contributed by atoms with E-state index >= 15 is 0 Å². The molecule has 124 valence electrons. The van der Waals surface area contributed by atoms with Gasteiger partial charge in [0.2, 0.25) is 0 Å². The molecule has 1 aromatic carbocycles. The van der Waals surface area contributed by atoms with Crippen molar-refractivity contribution in [1.29, 1.82) is 0 Å². The number of hydrogen-bond acceptors (Lipinski definition) is 2. The van der Waals surface area contributed by atoms with Gasteiger partial charge in [0.25, 0.3) is 0 Å². The Morgan fingerprint density at radius 3 is 2.48 bits per heavy atom. The minimum absolute atomic E-state index is 0.266. The molecule has 1 heterocycles. The van der Waals surface area contributed by atoms with Gasteiger partial charge in [-0.2, -0.15) is 0 Å². The zero-order valence-electron chi connectivity index (χ0n) is 14.4. The van der Waals surface area contributed by atoms with Gasteiger partial charge in [0.15, 0.2) is 5.78 Å². The van der Waals surface area contributed by atoms with E-state index in [0.717, 1.165) is 31.2 Å². The second-order valence-electron chi connectivity index (χ2n) is 6.17. The molecule has 0 spiro atoms. The third-order valence-corrected chi connectivity index (χ3v) is 4.32. The minimum atomic E-state index is 0.266. The smallest absolute Gasteiger partial charge is 0.162 e. The quantitative estimate of drug-likeness (QED) is 0.433. The summed E-state index contributed by atoms with van der Waals surface area (Å²) in [6.07, 6.45) is 13.1. The number of nitrogens with zero attached hydrogens (tertiary/aromatic N) is 2. The molecule has 0 aliphatic carbocycles. The van der Waals surface area contributed by atoms with Crippen molar-refractivity contribution < 1.29 is 4.79 Å². The fraction of sp³-hybridized carbons (Fsp3) is 0.500. The van der Waals surface area contributed by atoms with Crippen molar-refractivity contribution in [1.82, 2.24) is 9.55 Å². The zero-order chi connectivity index (χ0) is 16.5. The molecule has 0 saturated carbocycles. The fourth-order valence-electron chi connectivity index (χ4n) is 2.96. The van der Waals surface area contributed by atoms with Crippen LogP contribution in [0.1, 0.15) is 80.8 Å². The molecule has 0 fully saturated rings. The van der Waals surface area contributed by atoms with E-state index in [4.69, 9.17) is 0 Å². The van der Waals surface area contributed by atoms with Crippen molar-refractivity contribution in [3.8, 4) is 0 Å². The van der Waals surface area contributed by atoms with Gasteiger partial charge in [-0.15, -0.1) is 0 Å². The number of imidazole rings is 1. The minimum Gasteiger partial charge on any atom is -0.330 e. The largest absolute Gasteiger partial charge is 0.330 e. The highest BCUT2D eigenvalue weighted by Crippen LogP contribution is 2.24. The number of rotatable bonds is 10. The molecule has 23 heavy (non-hydrogen) atoms. The normalized spacial score (nSPS) is 12.3. The number of hydrogen-bond donors (Lipinski definition) is 0. The van der Waals surface area contributed by atoms with Crippen molar-refractivity contribution >= 4 is 5.78 Å². The van der Waals surface area contributed by atoms with Crippen LogP contribution in [0.4, 0.5) is 0 Å². The lowest BCUT2D eigenvalue weighted by Gasteiger charge is -2.18. The van der Waals surface area contributed by atoms with E-state index < -0.39 is 0 Å². The van der Waals surface area contributed by atoms with Crippen LogP contribution in [0.2, 0.25) is 0 Å². The summed E-state index contributed by atoms with van der Waals surface area (Å²) in [7, 11) is 0. The first-order chi connectivity index (χ1) is 11.3. The van der Waals surface area contributed by atoms with E-state index in [1.807, 2.05) is 30.9 Å². The average Bonchev–Trinajstić information content (AvgIpc) is 3.11. The van der Waals surface area contributed by atoms with Crippen molar-refractivity contribution in [3.63, 3.8) is 0 Å². The molecule has 0 saturated heterocycles. The van der Waals surface area contributed by atoms with Crippen molar-refractivity contribution in [2.75, 3.05) is 0 Å². The number of ketones is 1. The molecule has 0 radical (unpaired) electrons. The summed E-state index contributed by atoms with van der Waals surface area (Å²) < 4.78 is 2.14. The van der Waals surface area contributed by atoms with Crippen molar-refractivity contribution in [2.45, 2.75) is 64.8 Å². The predicted octanol–water partition coefficient (Wildman–Crippen LogP) is 5.43. The summed E-state index contributed by atoms with van der Waals surface area (Å²) >= 11 is 0. The molecule has 0 aliphatic heterocycles. The van der Waals surface area contributed by atoms with E-state index in [1.165, 1.54) is 18.4 Å². The van der Waals surface area contributed by atoms with Gasteiger partial charge >= 0.3 is 0 Å². The fourth-order valence-corrected chi connectivity index (χ4v) is 2.96. The highest BCUT2D eigenvalue weighted by Gasteiger charge is 2.13. The Bertz CT molecular complexity index is 572. The van der Waals surface area contributed by atoms with Gasteiger partial charge in [-0.25, -0.2) is 4.98 Å². The molecule has 1 unspecified atom stereocenters. The van der Waals surface area contributed by atoms with Gasteiger partial charge in [0.1, 0.15) is 0 Å². The van der Waals surface area contributed by atoms with E-state index in [1.54, 1.807) is 0 Å². The SMILES string of the molecule is CCCCCCC(=O)c1ccc(C(CCC)n2ccnc2)cc1. The highest BCUT2D eigenvalue weighted by molar-refractivity contribution is 5.96. The van der Waals surface area contributed by atoms with Gasteiger partial charge in [0.05, 0.1) is 12.4 Å². The Morgan fingerprint density at radius 1 is 1.09 bits per heavy atom. The Hall–Kier alpha value is -1.90. The van der Waals surface area contributed by atoms with Gasteiger partial charge in [0, 0.05) is 24.4 Å². The summed E-state index contributed by atoms with van der Waals surface area (Å²) in [5.41, 5.74) is 2.08. The standard InChI is InChI=1S/C20H28N2O/c1-3-5-6-7-9-20(23)18-12-10-17(11-13-18)19(8-4-2)22-15-14-21-16-22/h10-16,19H,3-9H2,1-2H3. The van der Waals surface area contributed by atoms with E-state index in [0.29, 0.717) is 12.5 Å². The molecule has 0 amide bonds. The Labute approximate surface area is 139 Å². The molecule has 1 aromatic heterocycles. The molecular formula is C20H28N2O. The van der Waals surface area contributed by atoms with Gasteiger partial charge in [-0.05, 0) is 18.4 Å². The lowest BCUT2D eigenvalue weighted by Crippen LogP contribution is -2.09. The highest BCUT2D eigenvalue weighted by atomic mass is 16.1. The molecule has 0 N–H and O–H groups in total. The second-order valence-corrected chi connectivity index (χ2v) is 6.17. The summed E-state index contributed by atoms with van der Waals surface area (Å²) in [6, 6.07) is 8.46. The van der Waals surface area contributed by atoms with Crippen molar-refractivity contribution in [2.24, 2.45) is 0 Å². The van der Waals surface area contributed by atoms with Crippen LogP contribution in [-0.2, 0) is 0 Å². The molecule has 1 atom stereocenters. The van der Waals surface area contributed by atoms with Crippen LogP contribution >= 0.6 is 0 Å². The Morgan fingerprint density at radius 2 is 1.87 bits per heavy atom. The van der Waals surface area contributed by atoms with Gasteiger partial charge < -0.3 is 4.57 Å². The van der Waals surface area contributed by atoms with Crippen LogP contribution < -0.4 is 0 Å². The lowest BCUT2D eigenvalue weighted by molar-refractivity contribution is 0.0979. The molecular weight excluding hydrogens is 284 g/mol. The van der Waals surface area contributed by atoms with Gasteiger partial charge in [-0.3, -0.25) is 4.79 Å². The number of carbonyl (C=O) groups excluding carboxylic acids is 1. The first-order valence-electron chi connectivity index (χ1n) is 8.86. The molecule has 0 aliphatic rings. The van der Waals surface area contributed by atoms with Crippen LogP contribution in [0.3, 0.4) is 0 Å². The molecule has 0 bridgehead atoms. The average molecular weight is 312 g/mol. The molecule has 3 nitrogen and oxygen atoms in total. The zero-order valence-corrected chi connectivity index (χ0v) is 14.4. The number of unbranched alkanes of at least 4 members (excludes halogenated alkanes) is 3. The monoisotopic (exact) mass is 312 g/mol. The number of carbonyl (C=O) groups is 1. The maximum atomic E-state index is 12.2. The van der Waals surface area contributed by atoms with E-state index in [-0.39, 0.29) is 5.78 Å². The topological polar surface area (TPSA) is 34.9 Å². The third-order valence-electron chi connectivity index (χ3n) is 4.32. The van der Waals surface area contributed by atoms with E-state index in [2.05, 4.69) is 35.5 Å². The summed E-state index contributed by atoms with van der Waals surface area (Å²) in [5.74, 6) is 0.266. The first-order valence-corrected chi connectivity index (χ1v) is 8.86. The number of benzene rings is 1. The Balaban J connectivity index is 2.01. The summed E-state index contributed by atoms with van der Waals surface area (Å²) in [4.78, 5) is 16.4. The summed E-state index contributed by atoms with van der Waals surface area (Å²) in [5, 5.41) is 0. The van der Waals surface area contributed by atoms with Crippen LogP contribution in [0.25, 0.3) is 0 Å². The van der Waals surface area contributed by atoms with Gasteiger partial charge in [-0.1, -0.05) is 63.8 Å². The van der Waals surface area contributed by atoms with Crippen LogP contribution in [0.5, 0.6) is 0 Å². The molecule has 3 heteroatoms. The van der Waals surface area contributed by atoms with E-state index in [9.17, 15) is 4.79 Å². The number of aromatic nitrogens is 2. The third kappa shape index (κ3) is 5.05. The van der Waals surface area contributed by atoms with Crippen LogP contribution in [-0.4, -0.2) is 15.3 Å². The number of Topliss-reactive ketones (excluding diaryl/α,β-unsaturated/α-hetero) is 1. The molecule has 2 aromatic rings. The second kappa shape index (κ2) is 9.29. The summed E-state index contributed by atoms with van der Waals surface area (Å²) in [6.45, 7) is 4.38. The van der Waals surface area contributed by atoms with Crippen LogP contribution in [0, 0.1) is 0 Å². The maximum absolute atomic E-state index is 12.2.